The molecule has 0 saturated heterocycles. The summed E-state index contributed by atoms with van der Waals surface area (Å²) in [5.74, 6) is 0.591. The number of hydrogen-bond donors (Lipinski definition) is 1. The maximum absolute atomic E-state index is 13.1. The van der Waals surface area contributed by atoms with Gasteiger partial charge in [0.15, 0.2) is 0 Å². The number of halogens is 2. The minimum atomic E-state index is -0.186. The van der Waals surface area contributed by atoms with Crippen molar-refractivity contribution < 1.29 is 4.39 Å². The second kappa shape index (κ2) is 5.17. The SMILES string of the molecule is CC1CCCC(Nc2cc(F)ccc2Br)C1. The van der Waals surface area contributed by atoms with Crippen molar-refractivity contribution in [2.75, 3.05) is 5.32 Å². The molecule has 16 heavy (non-hydrogen) atoms. The highest BCUT2D eigenvalue weighted by Crippen LogP contribution is 2.29. The quantitative estimate of drug-likeness (QED) is 0.839. The van der Waals surface area contributed by atoms with E-state index in [1.165, 1.54) is 31.7 Å². The fourth-order valence-electron chi connectivity index (χ4n) is 2.39. The second-order valence-corrected chi connectivity index (χ2v) is 5.59. The first kappa shape index (κ1) is 11.9. The summed E-state index contributed by atoms with van der Waals surface area (Å²) in [5.41, 5.74) is 0.874. The van der Waals surface area contributed by atoms with Crippen LogP contribution in [-0.2, 0) is 0 Å². The third-order valence-corrected chi connectivity index (χ3v) is 3.92. The molecule has 0 aliphatic heterocycles. The Morgan fingerprint density at radius 3 is 2.94 bits per heavy atom. The van der Waals surface area contributed by atoms with E-state index in [0.717, 1.165) is 16.1 Å². The lowest BCUT2D eigenvalue weighted by molar-refractivity contribution is 0.358. The van der Waals surface area contributed by atoms with Gasteiger partial charge in [-0.3, -0.25) is 0 Å². The van der Waals surface area contributed by atoms with Crippen molar-refractivity contribution in [2.24, 2.45) is 5.92 Å². The molecule has 1 aliphatic rings. The number of anilines is 1. The molecular weight excluding hydrogens is 269 g/mol. The fourth-order valence-corrected chi connectivity index (χ4v) is 2.75. The molecule has 1 aliphatic carbocycles. The van der Waals surface area contributed by atoms with E-state index in [0.29, 0.717) is 6.04 Å². The Kier molecular flexibility index (Phi) is 3.85. The molecule has 0 radical (unpaired) electrons. The van der Waals surface area contributed by atoms with Crippen molar-refractivity contribution in [3.05, 3.63) is 28.5 Å². The van der Waals surface area contributed by atoms with Crippen LogP contribution in [0.2, 0.25) is 0 Å². The van der Waals surface area contributed by atoms with Crippen molar-refractivity contribution in [1.29, 1.82) is 0 Å². The van der Waals surface area contributed by atoms with E-state index in [1.54, 1.807) is 12.1 Å². The molecule has 0 amide bonds. The van der Waals surface area contributed by atoms with E-state index in [2.05, 4.69) is 28.2 Å². The van der Waals surface area contributed by atoms with Gasteiger partial charge in [-0.15, -0.1) is 0 Å². The van der Waals surface area contributed by atoms with Crippen molar-refractivity contribution in [3.63, 3.8) is 0 Å². The Morgan fingerprint density at radius 2 is 2.19 bits per heavy atom. The van der Waals surface area contributed by atoms with Gasteiger partial charge in [0, 0.05) is 10.5 Å². The molecule has 2 unspecified atom stereocenters. The molecule has 88 valence electrons. The molecule has 1 saturated carbocycles. The zero-order chi connectivity index (χ0) is 11.5. The van der Waals surface area contributed by atoms with Gasteiger partial charge in [0.1, 0.15) is 5.82 Å². The minimum absolute atomic E-state index is 0.186. The van der Waals surface area contributed by atoms with Crippen molar-refractivity contribution in [1.82, 2.24) is 0 Å². The van der Waals surface area contributed by atoms with Crippen LogP contribution in [0.3, 0.4) is 0 Å². The zero-order valence-electron chi connectivity index (χ0n) is 9.47. The Balaban J connectivity index is 2.05. The van der Waals surface area contributed by atoms with Gasteiger partial charge in [-0.2, -0.15) is 0 Å². The molecule has 2 rings (SSSR count). The predicted octanol–water partition coefficient (Wildman–Crippen LogP) is 4.58. The van der Waals surface area contributed by atoms with Crippen LogP contribution in [0, 0.1) is 11.7 Å². The number of rotatable bonds is 2. The molecule has 1 nitrogen and oxygen atoms in total. The minimum Gasteiger partial charge on any atom is -0.381 e. The van der Waals surface area contributed by atoms with Gasteiger partial charge >= 0.3 is 0 Å². The third-order valence-electron chi connectivity index (χ3n) is 3.22. The van der Waals surface area contributed by atoms with E-state index in [4.69, 9.17) is 0 Å². The molecule has 1 aromatic rings. The van der Waals surface area contributed by atoms with Gasteiger partial charge < -0.3 is 5.32 Å². The van der Waals surface area contributed by atoms with Crippen LogP contribution in [-0.4, -0.2) is 6.04 Å². The van der Waals surface area contributed by atoms with Crippen LogP contribution in [0.4, 0.5) is 10.1 Å². The summed E-state index contributed by atoms with van der Waals surface area (Å²) >= 11 is 3.44. The van der Waals surface area contributed by atoms with E-state index in [9.17, 15) is 4.39 Å². The lowest BCUT2D eigenvalue weighted by atomic mass is 9.87. The lowest BCUT2D eigenvalue weighted by Crippen LogP contribution is -2.26. The van der Waals surface area contributed by atoms with Crippen LogP contribution in [0.15, 0.2) is 22.7 Å². The molecule has 0 aromatic heterocycles. The molecule has 0 bridgehead atoms. The lowest BCUT2D eigenvalue weighted by Gasteiger charge is -2.28. The first-order valence-corrected chi connectivity index (χ1v) is 6.66. The van der Waals surface area contributed by atoms with E-state index < -0.39 is 0 Å². The standard InChI is InChI=1S/C13H17BrFN/c1-9-3-2-4-11(7-9)16-13-8-10(15)5-6-12(13)14/h5-6,8-9,11,16H,2-4,7H2,1H3. The molecule has 0 heterocycles. The summed E-state index contributed by atoms with van der Waals surface area (Å²) in [5, 5.41) is 3.43. The second-order valence-electron chi connectivity index (χ2n) is 4.74. The van der Waals surface area contributed by atoms with Gasteiger partial charge in [-0.1, -0.05) is 19.8 Å². The molecule has 1 aromatic carbocycles. The maximum Gasteiger partial charge on any atom is 0.125 e. The van der Waals surface area contributed by atoms with E-state index >= 15 is 0 Å². The summed E-state index contributed by atoms with van der Waals surface area (Å²) in [6.45, 7) is 2.29. The summed E-state index contributed by atoms with van der Waals surface area (Å²) in [7, 11) is 0. The topological polar surface area (TPSA) is 12.0 Å². The summed E-state index contributed by atoms with van der Waals surface area (Å²) in [6.07, 6.45) is 4.96. The molecule has 1 N–H and O–H groups in total. The van der Waals surface area contributed by atoms with Crippen LogP contribution in [0.1, 0.15) is 32.6 Å². The zero-order valence-corrected chi connectivity index (χ0v) is 11.1. The molecule has 2 atom stereocenters. The highest BCUT2D eigenvalue weighted by Gasteiger charge is 2.19. The first-order chi connectivity index (χ1) is 7.65. The van der Waals surface area contributed by atoms with Gasteiger partial charge in [-0.05, 0) is 52.9 Å². The largest absolute Gasteiger partial charge is 0.381 e. The summed E-state index contributed by atoms with van der Waals surface area (Å²) in [6, 6.07) is 5.27. The smallest absolute Gasteiger partial charge is 0.125 e. The summed E-state index contributed by atoms with van der Waals surface area (Å²) < 4.78 is 14.1. The van der Waals surface area contributed by atoms with Gasteiger partial charge in [0.05, 0.1) is 5.69 Å². The van der Waals surface area contributed by atoms with Gasteiger partial charge in [0.25, 0.3) is 0 Å². The van der Waals surface area contributed by atoms with Crippen LogP contribution < -0.4 is 5.32 Å². The van der Waals surface area contributed by atoms with Crippen molar-refractivity contribution >= 4 is 21.6 Å². The summed E-state index contributed by atoms with van der Waals surface area (Å²) in [4.78, 5) is 0. The van der Waals surface area contributed by atoms with Crippen LogP contribution >= 0.6 is 15.9 Å². The Hall–Kier alpha value is -0.570. The van der Waals surface area contributed by atoms with Crippen molar-refractivity contribution in [2.45, 2.75) is 38.6 Å². The Labute approximate surface area is 105 Å². The first-order valence-electron chi connectivity index (χ1n) is 5.87. The van der Waals surface area contributed by atoms with E-state index in [1.807, 2.05) is 0 Å². The Morgan fingerprint density at radius 1 is 1.38 bits per heavy atom. The highest BCUT2D eigenvalue weighted by atomic mass is 79.9. The number of hydrogen-bond acceptors (Lipinski definition) is 1. The predicted molar refractivity (Wildman–Crippen MR) is 69.1 cm³/mol. The average Bonchev–Trinajstić information content (AvgIpc) is 2.24. The third kappa shape index (κ3) is 2.97. The molecule has 0 spiro atoms. The van der Waals surface area contributed by atoms with E-state index in [-0.39, 0.29) is 5.82 Å². The van der Waals surface area contributed by atoms with Gasteiger partial charge in [0.2, 0.25) is 0 Å². The fraction of sp³-hybridized carbons (Fsp3) is 0.538. The van der Waals surface area contributed by atoms with Crippen LogP contribution in [0.5, 0.6) is 0 Å². The molecule has 3 heteroatoms. The normalized spacial score (nSPS) is 25.4. The highest BCUT2D eigenvalue weighted by molar-refractivity contribution is 9.10. The maximum atomic E-state index is 13.1. The Bertz CT molecular complexity index is 367. The number of nitrogens with one attached hydrogen (secondary N) is 1. The number of benzene rings is 1. The average molecular weight is 286 g/mol. The molecule has 1 fully saturated rings. The van der Waals surface area contributed by atoms with Gasteiger partial charge in [-0.25, -0.2) is 4.39 Å². The van der Waals surface area contributed by atoms with Crippen molar-refractivity contribution in [3.8, 4) is 0 Å². The monoisotopic (exact) mass is 285 g/mol. The van der Waals surface area contributed by atoms with Crippen LogP contribution in [0.25, 0.3) is 0 Å². The molecular formula is C13H17BrFN.